The second-order valence-electron chi connectivity index (χ2n) is 4.53. The molecule has 0 fully saturated rings. The van der Waals surface area contributed by atoms with Crippen LogP contribution in [0, 0.1) is 0 Å². The van der Waals surface area contributed by atoms with Crippen LogP contribution in [-0.2, 0) is 4.79 Å². The standard InChI is InChI=1S/C16H15Cl2NO2S/c1-10(21-14-5-3-4-13(17)15(14)18)16(20)19-11-6-8-12(22-2)9-7-11/h3-10H,1-2H3,(H,19,20). The van der Waals surface area contributed by atoms with E-state index in [2.05, 4.69) is 5.32 Å². The van der Waals surface area contributed by atoms with E-state index in [4.69, 9.17) is 27.9 Å². The molecule has 1 unspecified atom stereocenters. The number of carbonyl (C=O) groups excluding carboxylic acids is 1. The van der Waals surface area contributed by atoms with Gasteiger partial charge in [-0.1, -0.05) is 29.3 Å². The van der Waals surface area contributed by atoms with E-state index in [1.807, 2.05) is 30.5 Å². The zero-order valence-electron chi connectivity index (χ0n) is 12.1. The number of rotatable bonds is 5. The van der Waals surface area contributed by atoms with Gasteiger partial charge in [-0.25, -0.2) is 0 Å². The number of anilines is 1. The Labute approximate surface area is 144 Å². The van der Waals surface area contributed by atoms with Gasteiger partial charge in [0.1, 0.15) is 10.8 Å². The van der Waals surface area contributed by atoms with E-state index in [-0.39, 0.29) is 5.91 Å². The maximum absolute atomic E-state index is 12.2. The number of hydrogen-bond donors (Lipinski definition) is 1. The number of carbonyl (C=O) groups is 1. The number of amides is 1. The molecule has 0 bridgehead atoms. The number of benzene rings is 2. The molecule has 1 atom stereocenters. The van der Waals surface area contributed by atoms with Gasteiger partial charge < -0.3 is 10.1 Å². The summed E-state index contributed by atoms with van der Waals surface area (Å²) < 4.78 is 5.57. The van der Waals surface area contributed by atoms with Gasteiger partial charge in [-0.15, -0.1) is 11.8 Å². The fourth-order valence-corrected chi connectivity index (χ4v) is 2.48. The van der Waals surface area contributed by atoms with Crippen molar-refractivity contribution in [2.45, 2.75) is 17.9 Å². The van der Waals surface area contributed by atoms with Crippen LogP contribution < -0.4 is 10.1 Å². The highest BCUT2D eigenvalue weighted by molar-refractivity contribution is 7.98. The van der Waals surface area contributed by atoms with E-state index < -0.39 is 6.10 Å². The average molecular weight is 356 g/mol. The Bertz CT molecular complexity index is 662. The maximum Gasteiger partial charge on any atom is 0.265 e. The highest BCUT2D eigenvalue weighted by atomic mass is 35.5. The molecule has 0 saturated carbocycles. The quantitative estimate of drug-likeness (QED) is 0.756. The van der Waals surface area contributed by atoms with Crippen LogP contribution >= 0.6 is 35.0 Å². The van der Waals surface area contributed by atoms with Crippen molar-refractivity contribution in [1.29, 1.82) is 0 Å². The summed E-state index contributed by atoms with van der Waals surface area (Å²) in [7, 11) is 0. The van der Waals surface area contributed by atoms with E-state index in [1.165, 1.54) is 0 Å². The largest absolute Gasteiger partial charge is 0.479 e. The second kappa shape index (κ2) is 7.77. The lowest BCUT2D eigenvalue weighted by Gasteiger charge is -2.16. The summed E-state index contributed by atoms with van der Waals surface area (Å²) in [5.74, 6) is 0.127. The van der Waals surface area contributed by atoms with Crippen molar-refractivity contribution >= 4 is 46.6 Å². The third kappa shape index (κ3) is 4.32. The van der Waals surface area contributed by atoms with Crippen LogP contribution in [0.1, 0.15) is 6.92 Å². The summed E-state index contributed by atoms with van der Waals surface area (Å²) in [5.41, 5.74) is 0.718. The molecule has 0 heterocycles. The molecule has 6 heteroatoms. The lowest BCUT2D eigenvalue weighted by atomic mass is 10.3. The van der Waals surface area contributed by atoms with Gasteiger partial charge in [-0.2, -0.15) is 0 Å². The summed E-state index contributed by atoms with van der Waals surface area (Å²) in [4.78, 5) is 13.3. The van der Waals surface area contributed by atoms with Crippen molar-refractivity contribution in [3.05, 3.63) is 52.5 Å². The Morgan fingerprint density at radius 2 is 1.86 bits per heavy atom. The number of hydrogen-bond acceptors (Lipinski definition) is 3. The van der Waals surface area contributed by atoms with Crippen LogP contribution in [0.15, 0.2) is 47.4 Å². The molecule has 2 aromatic rings. The van der Waals surface area contributed by atoms with Crippen molar-refractivity contribution in [3.8, 4) is 5.75 Å². The minimum Gasteiger partial charge on any atom is -0.479 e. The van der Waals surface area contributed by atoms with E-state index in [0.717, 1.165) is 10.6 Å². The SMILES string of the molecule is CSc1ccc(NC(=O)C(C)Oc2cccc(Cl)c2Cl)cc1. The molecular formula is C16H15Cl2NO2S. The minimum atomic E-state index is -0.698. The van der Waals surface area contributed by atoms with Gasteiger partial charge >= 0.3 is 0 Å². The van der Waals surface area contributed by atoms with Crippen LogP contribution in [-0.4, -0.2) is 18.3 Å². The van der Waals surface area contributed by atoms with E-state index >= 15 is 0 Å². The molecule has 0 radical (unpaired) electrons. The first-order valence-corrected chi connectivity index (χ1v) is 8.55. The van der Waals surface area contributed by atoms with E-state index in [0.29, 0.717) is 15.8 Å². The van der Waals surface area contributed by atoms with Crippen molar-refractivity contribution in [2.75, 3.05) is 11.6 Å². The van der Waals surface area contributed by atoms with Crippen molar-refractivity contribution in [3.63, 3.8) is 0 Å². The smallest absolute Gasteiger partial charge is 0.265 e. The Balaban J connectivity index is 2.01. The van der Waals surface area contributed by atoms with Crippen LogP contribution in [0.5, 0.6) is 5.75 Å². The highest BCUT2D eigenvalue weighted by Gasteiger charge is 2.17. The van der Waals surface area contributed by atoms with Crippen molar-refractivity contribution in [1.82, 2.24) is 0 Å². The monoisotopic (exact) mass is 355 g/mol. The molecule has 3 nitrogen and oxygen atoms in total. The first-order valence-electron chi connectivity index (χ1n) is 6.57. The van der Waals surface area contributed by atoms with Gasteiger partial charge in [-0.3, -0.25) is 4.79 Å². The molecule has 2 rings (SSSR count). The average Bonchev–Trinajstić information content (AvgIpc) is 2.52. The third-order valence-corrected chi connectivity index (χ3v) is 4.49. The number of halogens is 2. The molecule has 116 valence electrons. The first kappa shape index (κ1) is 17.0. The zero-order chi connectivity index (χ0) is 16.1. The lowest BCUT2D eigenvalue weighted by Crippen LogP contribution is -2.30. The van der Waals surface area contributed by atoms with E-state index in [1.54, 1.807) is 36.9 Å². The Hall–Kier alpha value is -1.36. The third-order valence-electron chi connectivity index (χ3n) is 2.95. The summed E-state index contributed by atoms with van der Waals surface area (Å²) in [6.07, 6.45) is 1.30. The molecule has 0 saturated heterocycles. The topological polar surface area (TPSA) is 38.3 Å². The van der Waals surface area contributed by atoms with Gasteiger partial charge in [-0.05, 0) is 49.6 Å². The number of nitrogens with one attached hydrogen (secondary N) is 1. The maximum atomic E-state index is 12.2. The predicted octanol–water partition coefficient (Wildman–Crippen LogP) is 5.12. The lowest BCUT2D eigenvalue weighted by molar-refractivity contribution is -0.122. The molecule has 0 aliphatic carbocycles. The Kier molecular flexibility index (Phi) is 6.00. The molecule has 0 aliphatic rings. The van der Waals surface area contributed by atoms with Gasteiger partial charge in [0.2, 0.25) is 0 Å². The summed E-state index contributed by atoms with van der Waals surface area (Å²) >= 11 is 13.6. The van der Waals surface area contributed by atoms with Crippen LogP contribution in [0.3, 0.4) is 0 Å². The first-order chi connectivity index (χ1) is 10.5. The molecular weight excluding hydrogens is 341 g/mol. The van der Waals surface area contributed by atoms with Gasteiger partial charge in [0.05, 0.1) is 5.02 Å². The second-order valence-corrected chi connectivity index (χ2v) is 6.19. The van der Waals surface area contributed by atoms with Crippen LogP contribution in [0.25, 0.3) is 0 Å². The van der Waals surface area contributed by atoms with Gasteiger partial charge in [0.25, 0.3) is 5.91 Å². The molecule has 0 aliphatic heterocycles. The Morgan fingerprint density at radius 1 is 1.18 bits per heavy atom. The number of thioether (sulfide) groups is 1. The minimum absolute atomic E-state index is 0.257. The molecule has 2 aromatic carbocycles. The summed E-state index contributed by atoms with van der Waals surface area (Å²) in [6, 6.07) is 12.6. The molecule has 1 N–H and O–H groups in total. The normalized spacial score (nSPS) is 11.8. The van der Waals surface area contributed by atoms with Crippen LogP contribution in [0.4, 0.5) is 5.69 Å². The molecule has 0 spiro atoms. The van der Waals surface area contributed by atoms with E-state index in [9.17, 15) is 4.79 Å². The summed E-state index contributed by atoms with van der Waals surface area (Å²) in [6.45, 7) is 1.66. The zero-order valence-corrected chi connectivity index (χ0v) is 14.4. The van der Waals surface area contributed by atoms with Gasteiger partial charge in [0, 0.05) is 10.6 Å². The Morgan fingerprint density at radius 3 is 2.50 bits per heavy atom. The highest BCUT2D eigenvalue weighted by Crippen LogP contribution is 2.32. The molecule has 1 amide bonds. The fraction of sp³-hybridized carbons (Fsp3) is 0.188. The fourth-order valence-electron chi connectivity index (χ4n) is 1.74. The van der Waals surface area contributed by atoms with Crippen molar-refractivity contribution < 1.29 is 9.53 Å². The molecule has 0 aromatic heterocycles. The summed E-state index contributed by atoms with van der Waals surface area (Å²) in [5, 5.41) is 3.49. The predicted molar refractivity (Wildman–Crippen MR) is 93.4 cm³/mol. The number of ether oxygens (including phenoxy) is 1. The molecule has 22 heavy (non-hydrogen) atoms. The van der Waals surface area contributed by atoms with Crippen molar-refractivity contribution in [2.24, 2.45) is 0 Å². The van der Waals surface area contributed by atoms with Crippen LogP contribution in [0.2, 0.25) is 10.0 Å². The van der Waals surface area contributed by atoms with Gasteiger partial charge in [0.15, 0.2) is 6.10 Å².